The quantitative estimate of drug-likeness (QED) is 0.729. The number of hydrogen-bond donors (Lipinski definition) is 0. The average Bonchev–Trinajstić information content (AvgIpc) is 3.27. The fourth-order valence-electron chi connectivity index (χ4n) is 4.53. The molecule has 9 heteroatoms. The zero-order valence-electron chi connectivity index (χ0n) is 17.0. The van der Waals surface area contributed by atoms with E-state index in [1.165, 1.54) is 16.9 Å². The van der Waals surface area contributed by atoms with E-state index < -0.39 is 11.7 Å². The van der Waals surface area contributed by atoms with E-state index in [2.05, 4.69) is 5.10 Å². The lowest BCUT2D eigenvalue weighted by atomic mass is 9.96. The third-order valence-corrected chi connectivity index (χ3v) is 6.20. The standard InChI is InChI=1S/C22H24F3N3O3/c23-22(24,25)16-4-1-5-17(11-16)28-19(14-6-7-14)18(12-26-28)20(29)27-8-2-3-15(13-27)21-30-9-10-31-21/h1,4-5,11-12,14-15,21H,2-3,6-10,13H2. The Labute approximate surface area is 177 Å². The van der Waals surface area contributed by atoms with Gasteiger partial charge in [0.05, 0.1) is 41.9 Å². The molecule has 1 aromatic heterocycles. The largest absolute Gasteiger partial charge is 0.416 e. The molecule has 5 rings (SSSR count). The molecule has 1 atom stereocenters. The molecular weight excluding hydrogens is 411 g/mol. The van der Waals surface area contributed by atoms with Gasteiger partial charge in [0.1, 0.15) is 0 Å². The molecule has 2 saturated heterocycles. The van der Waals surface area contributed by atoms with Gasteiger partial charge in [-0.3, -0.25) is 4.79 Å². The fourth-order valence-corrected chi connectivity index (χ4v) is 4.53. The van der Waals surface area contributed by atoms with Crippen molar-refractivity contribution in [2.75, 3.05) is 26.3 Å². The van der Waals surface area contributed by atoms with Crippen LogP contribution in [0.4, 0.5) is 13.2 Å². The van der Waals surface area contributed by atoms with E-state index in [1.807, 2.05) is 0 Å². The number of halogens is 3. The molecule has 1 unspecified atom stereocenters. The third kappa shape index (κ3) is 4.08. The number of amides is 1. The normalized spacial score (nSPS) is 22.8. The highest BCUT2D eigenvalue weighted by molar-refractivity contribution is 5.95. The lowest BCUT2D eigenvalue weighted by molar-refractivity contribution is -0.137. The molecule has 2 aromatic rings. The second-order valence-corrected chi connectivity index (χ2v) is 8.44. The summed E-state index contributed by atoms with van der Waals surface area (Å²) in [6.07, 6.45) is 0.394. The minimum absolute atomic E-state index is 0.122. The number of nitrogens with zero attached hydrogens (tertiary/aromatic N) is 3. The van der Waals surface area contributed by atoms with Crippen LogP contribution in [0.15, 0.2) is 30.5 Å². The van der Waals surface area contributed by atoms with Gasteiger partial charge in [0, 0.05) is 24.9 Å². The van der Waals surface area contributed by atoms with Gasteiger partial charge >= 0.3 is 6.18 Å². The zero-order valence-corrected chi connectivity index (χ0v) is 17.0. The number of ether oxygens (including phenoxy) is 2. The average molecular weight is 435 g/mol. The molecule has 3 heterocycles. The summed E-state index contributed by atoms with van der Waals surface area (Å²) in [5.74, 6) is 0.143. The van der Waals surface area contributed by atoms with Gasteiger partial charge in [-0.15, -0.1) is 0 Å². The van der Waals surface area contributed by atoms with Crippen LogP contribution in [0.3, 0.4) is 0 Å². The number of alkyl halides is 3. The van der Waals surface area contributed by atoms with Gasteiger partial charge < -0.3 is 14.4 Å². The van der Waals surface area contributed by atoms with Crippen molar-refractivity contribution in [2.24, 2.45) is 5.92 Å². The fraction of sp³-hybridized carbons (Fsp3) is 0.545. The summed E-state index contributed by atoms with van der Waals surface area (Å²) in [5.41, 5.74) is 0.777. The summed E-state index contributed by atoms with van der Waals surface area (Å²) in [4.78, 5) is 15.2. The van der Waals surface area contributed by atoms with Crippen LogP contribution < -0.4 is 0 Å². The van der Waals surface area contributed by atoms with Crippen LogP contribution >= 0.6 is 0 Å². The van der Waals surface area contributed by atoms with Crippen molar-refractivity contribution in [3.05, 3.63) is 47.3 Å². The topological polar surface area (TPSA) is 56.6 Å². The first-order chi connectivity index (χ1) is 14.9. The van der Waals surface area contributed by atoms with E-state index >= 15 is 0 Å². The second-order valence-electron chi connectivity index (χ2n) is 8.44. The Hall–Kier alpha value is -2.39. The summed E-state index contributed by atoms with van der Waals surface area (Å²) in [6.45, 7) is 2.33. The van der Waals surface area contributed by atoms with E-state index in [4.69, 9.17) is 9.47 Å². The van der Waals surface area contributed by atoms with Crippen molar-refractivity contribution >= 4 is 5.91 Å². The summed E-state index contributed by atoms with van der Waals surface area (Å²) in [6, 6.07) is 5.08. The Bertz CT molecular complexity index is 964. The van der Waals surface area contributed by atoms with Gasteiger partial charge in [0.25, 0.3) is 5.91 Å². The summed E-state index contributed by atoms with van der Waals surface area (Å²) in [5, 5.41) is 4.34. The zero-order chi connectivity index (χ0) is 21.6. The number of benzene rings is 1. The van der Waals surface area contributed by atoms with Crippen molar-refractivity contribution in [3.8, 4) is 5.69 Å². The SMILES string of the molecule is O=C(c1cnn(-c2cccc(C(F)(F)F)c2)c1C1CC1)N1CCCC(C2OCCO2)C1. The van der Waals surface area contributed by atoms with Crippen LogP contribution in [0.2, 0.25) is 0 Å². The predicted molar refractivity (Wildman–Crippen MR) is 105 cm³/mol. The van der Waals surface area contributed by atoms with E-state index in [0.717, 1.165) is 37.8 Å². The van der Waals surface area contributed by atoms with Gasteiger partial charge in [-0.05, 0) is 43.9 Å². The van der Waals surface area contributed by atoms with Crippen LogP contribution in [0.5, 0.6) is 0 Å². The number of hydrogen-bond acceptors (Lipinski definition) is 4. The number of piperidine rings is 1. The molecule has 1 aromatic carbocycles. The van der Waals surface area contributed by atoms with Crippen LogP contribution in [0.1, 0.15) is 53.2 Å². The van der Waals surface area contributed by atoms with Crippen molar-refractivity contribution in [1.82, 2.24) is 14.7 Å². The Kier molecular flexibility index (Phi) is 5.26. The van der Waals surface area contributed by atoms with Gasteiger partial charge in [0.2, 0.25) is 0 Å². The summed E-state index contributed by atoms with van der Waals surface area (Å²) in [7, 11) is 0. The predicted octanol–water partition coefficient (Wildman–Crippen LogP) is 3.99. The Balaban J connectivity index is 1.43. The lowest BCUT2D eigenvalue weighted by Crippen LogP contribution is -2.44. The smallest absolute Gasteiger partial charge is 0.350 e. The molecule has 6 nitrogen and oxygen atoms in total. The molecule has 0 spiro atoms. The molecule has 3 aliphatic rings. The molecule has 0 bridgehead atoms. The molecule has 0 radical (unpaired) electrons. The third-order valence-electron chi connectivity index (χ3n) is 6.20. The number of rotatable bonds is 4. The van der Waals surface area contributed by atoms with Crippen molar-refractivity contribution in [3.63, 3.8) is 0 Å². The van der Waals surface area contributed by atoms with E-state index in [1.54, 1.807) is 11.0 Å². The molecule has 1 amide bonds. The number of carbonyl (C=O) groups excluding carboxylic acids is 1. The maximum atomic E-state index is 13.4. The van der Waals surface area contributed by atoms with Gasteiger partial charge in [-0.1, -0.05) is 6.07 Å². The minimum Gasteiger partial charge on any atom is -0.350 e. The first kappa shape index (κ1) is 20.5. The molecule has 1 aliphatic carbocycles. The van der Waals surface area contributed by atoms with Crippen LogP contribution in [-0.2, 0) is 15.7 Å². The highest BCUT2D eigenvalue weighted by Crippen LogP contribution is 2.43. The summed E-state index contributed by atoms with van der Waals surface area (Å²) < 4.78 is 52.3. The summed E-state index contributed by atoms with van der Waals surface area (Å²) >= 11 is 0. The molecule has 166 valence electrons. The Morgan fingerprint density at radius 1 is 1.13 bits per heavy atom. The molecular formula is C22H24F3N3O3. The monoisotopic (exact) mass is 435 g/mol. The van der Waals surface area contributed by atoms with Crippen molar-refractivity contribution in [1.29, 1.82) is 0 Å². The van der Waals surface area contributed by atoms with E-state index in [-0.39, 0.29) is 24.0 Å². The van der Waals surface area contributed by atoms with Gasteiger partial charge in [0.15, 0.2) is 6.29 Å². The van der Waals surface area contributed by atoms with Gasteiger partial charge in [-0.25, -0.2) is 4.68 Å². The van der Waals surface area contributed by atoms with Crippen molar-refractivity contribution < 1.29 is 27.4 Å². The first-order valence-electron chi connectivity index (χ1n) is 10.7. The lowest BCUT2D eigenvalue weighted by Gasteiger charge is -2.34. The highest BCUT2D eigenvalue weighted by Gasteiger charge is 2.38. The second kappa shape index (κ2) is 7.94. The Morgan fingerprint density at radius 2 is 1.90 bits per heavy atom. The van der Waals surface area contributed by atoms with Crippen LogP contribution in [0.25, 0.3) is 5.69 Å². The molecule has 1 saturated carbocycles. The maximum absolute atomic E-state index is 13.4. The molecule has 2 aliphatic heterocycles. The Morgan fingerprint density at radius 3 is 2.61 bits per heavy atom. The van der Waals surface area contributed by atoms with Crippen molar-refractivity contribution in [2.45, 2.75) is 44.1 Å². The first-order valence-corrected chi connectivity index (χ1v) is 10.7. The number of aromatic nitrogens is 2. The minimum atomic E-state index is -4.44. The molecule has 3 fully saturated rings. The maximum Gasteiger partial charge on any atom is 0.416 e. The van der Waals surface area contributed by atoms with E-state index in [0.29, 0.717) is 43.2 Å². The highest BCUT2D eigenvalue weighted by atomic mass is 19.4. The van der Waals surface area contributed by atoms with E-state index in [9.17, 15) is 18.0 Å². The number of carbonyl (C=O) groups is 1. The van der Waals surface area contributed by atoms with Crippen LogP contribution in [-0.4, -0.2) is 53.2 Å². The molecule has 31 heavy (non-hydrogen) atoms. The van der Waals surface area contributed by atoms with Crippen LogP contribution in [0, 0.1) is 5.92 Å². The number of likely N-dealkylation sites (tertiary alicyclic amines) is 1. The molecule has 0 N–H and O–H groups in total. The van der Waals surface area contributed by atoms with Gasteiger partial charge in [-0.2, -0.15) is 18.3 Å².